The molecule has 1 heterocycles. The molecule has 1 aliphatic heterocycles. The molecule has 3 nitrogen and oxygen atoms in total. The summed E-state index contributed by atoms with van der Waals surface area (Å²) in [6.07, 6.45) is -1.57. The molecule has 21 heavy (non-hydrogen) atoms. The number of rotatable bonds is 5. The summed E-state index contributed by atoms with van der Waals surface area (Å²) in [5.74, 6) is -0.203. The van der Waals surface area contributed by atoms with Crippen LogP contribution in [0.3, 0.4) is 0 Å². The third kappa shape index (κ3) is 4.22. The van der Waals surface area contributed by atoms with Crippen LogP contribution in [-0.4, -0.2) is 26.1 Å². The second kappa shape index (κ2) is 6.49. The van der Waals surface area contributed by atoms with Crippen LogP contribution < -0.4 is 10.1 Å². The summed E-state index contributed by atoms with van der Waals surface area (Å²) in [5.41, 5.74) is 0.367. The molecule has 0 aliphatic carbocycles. The first kappa shape index (κ1) is 15.9. The van der Waals surface area contributed by atoms with Gasteiger partial charge in [0.1, 0.15) is 5.75 Å². The standard InChI is InChI=1S/C15H18F3NO2/c1-2-8-19-14(6-9-20-10-7-14)12-4-3-5-13(11-12)21-15(16,17)18/h2-5,11,19H,1,6-10H2. The quantitative estimate of drug-likeness (QED) is 0.846. The predicted molar refractivity (Wildman–Crippen MR) is 73.1 cm³/mol. The highest BCUT2D eigenvalue weighted by molar-refractivity contribution is 5.34. The molecule has 116 valence electrons. The molecule has 0 unspecified atom stereocenters. The van der Waals surface area contributed by atoms with Gasteiger partial charge in [0.25, 0.3) is 0 Å². The van der Waals surface area contributed by atoms with E-state index in [1.165, 1.54) is 12.1 Å². The highest BCUT2D eigenvalue weighted by Gasteiger charge is 2.35. The minimum Gasteiger partial charge on any atom is -0.406 e. The molecule has 0 spiro atoms. The van der Waals surface area contributed by atoms with Crippen LogP contribution in [0.15, 0.2) is 36.9 Å². The number of hydrogen-bond acceptors (Lipinski definition) is 3. The topological polar surface area (TPSA) is 30.5 Å². The summed E-state index contributed by atoms with van der Waals surface area (Å²) in [4.78, 5) is 0. The predicted octanol–water partition coefficient (Wildman–Crippen LogP) is 3.37. The fourth-order valence-corrected chi connectivity index (χ4v) is 2.55. The first-order valence-corrected chi connectivity index (χ1v) is 6.75. The molecule has 6 heteroatoms. The molecule has 0 amide bonds. The van der Waals surface area contributed by atoms with E-state index in [-0.39, 0.29) is 5.75 Å². The lowest BCUT2D eigenvalue weighted by molar-refractivity contribution is -0.274. The van der Waals surface area contributed by atoms with E-state index in [0.717, 1.165) is 5.56 Å². The van der Waals surface area contributed by atoms with Gasteiger partial charge >= 0.3 is 6.36 Å². The Morgan fingerprint density at radius 3 is 2.67 bits per heavy atom. The maximum Gasteiger partial charge on any atom is 0.573 e. The van der Waals surface area contributed by atoms with Crippen molar-refractivity contribution in [2.24, 2.45) is 0 Å². The molecule has 1 saturated heterocycles. The fourth-order valence-electron chi connectivity index (χ4n) is 2.55. The van der Waals surface area contributed by atoms with Crippen LogP contribution in [0.25, 0.3) is 0 Å². The maximum absolute atomic E-state index is 12.3. The van der Waals surface area contributed by atoms with Crippen molar-refractivity contribution < 1.29 is 22.6 Å². The Bertz CT molecular complexity index is 482. The van der Waals surface area contributed by atoms with Crippen LogP contribution >= 0.6 is 0 Å². The molecule has 0 atom stereocenters. The summed E-state index contributed by atoms with van der Waals surface area (Å²) in [6.45, 7) is 5.37. The molecule has 0 aromatic heterocycles. The third-order valence-corrected chi connectivity index (χ3v) is 3.55. The van der Waals surface area contributed by atoms with Crippen molar-refractivity contribution >= 4 is 0 Å². The molecular weight excluding hydrogens is 283 g/mol. The Morgan fingerprint density at radius 1 is 1.33 bits per heavy atom. The fraction of sp³-hybridized carbons (Fsp3) is 0.467. The normalized spacial score (nSPS) is 18.2. The van der Waals surface area contributed by atoms with Crippen LogP contribution in [0.4, 0.5) is 13.2 Å². The molecule has 1 aromatic rings. The minimum atomic E-state index is -4.68. The Morgan fingerprint density at radius 2 is 2.05 bits per heavy atom. The molecule has 2 rings (SSSR count). The zero-order valence-corrected chi connectivity index (χ0v) is 11.6. The third-order valence-electron chi connectivity index (χ3n) is 3.55. The van der Waals surface area contributed by atoms with E-state index in [4.69, 9.17) is 4.74 Å². The Kier molecular flexibility index (Phi) is 4.90. The van der Waals surface area contributed by atoms with Crippen LogP contribution in [0.2, 0.25) is 0 Å². The van der Waals surface area contributed by atoms with E-state index in [9.17, 15) is 13.2 Å². The molecule has 1 aromatic carbocycles. The van der Waals surface area contributed by atoms with Crippen LogP contribution in [0.5, 0.6) is 5.75 Å². The summed E-state index contributed by atoms with van der Waals surface area (Å²) in [5, 5.41) is 3.36. The van der Waals surface area contributed by atoms with Crippen molar-refractivity contribution in [3.63, 3.8) is 0 Å². The first-order chi connectivity index (χ1) is 9.95. The van der Waals surface area contributed by atoms with E-state index in [2.05, 4.69) is 16.6 Å². The molecule has 0 bridgehead atoms. The van der Waals surface area contributed by atoms with Gasteiger partial charge in [0, 0.05) is 25.3 Å². The summed E-state index contributed by atoms with van der Waals surface area (Å²) in [6, 6.07) is 6.13. The zero-order chi connectivity index (χ0) is 15.3. The van der Waals surface area contributed by atoms with Gasteiger partial charge in [0.05, 0.1) is 0 Å². The largest absolute Gasteiger partial charge is 0.573 e. The first-order valence-electron chi connectivity index (χ1n) is 6.75. The summed E-state index contributed by atoms with van der Waals surface area (Å²) >= 11 is 0. The monoisotopic (exact) mass is 301 g/mol. The lowest BCUT2D eigenvalue weighted by Crippen LogP contribution is -2.46. The number of hydrogen-bond donors (Lipinski definition) is 1. The number of halogens is 3. The number of benzene rings is 1. The minimum absolute atomic E-state index is 0.203. The van der Waals surface area contributed by atoms with E-state index in [0.29, 0.717) is 32.6 Å². The highest BCUT2D eigenvalue weighted by atomic mass is 19.4. The lowest BCUT2D eigenvalue weighted by atomic mass is 9.82. The van der Waals surface area contributed by atoms with E-state index in [1.807, 2.05) is 6.07 Å². The van der Waals surface area contributed by atoms with Crippen molar-refractivity contribution in [1.82, 2.24) is 5.32 Å². The van der Waals surface area contributed by atoms with Gasteiger partial charge in [-0.05, 0) is 30.5 Å². The number of ether oxygens (including phenoxy) is 2. The van der Waals surface area contributed by atoms with E-state index in [1.54, 1.807) is 12.1 Å². The maximum atomic E-state index is 12.3. The molecule has 1 N–H and O–H groups in total. The highest BCUT2D eigenvalue weighted by Crippen LogP contribution is 2.34. The van der Waals surface area contributed by atoms with Gasteiger partial charge in [-0.2, -0.15) is 0 Å². The van der Waals surface area contributed by atoms with Gasteiger partial charge in [-0.3, -0.25) is 0 Å². The van der Waals surface area contributed by atoms with Gasteiger partial charge < -0.3 is 14.8 Å². The van der Waals surface area contributed by atoms with Crippen molar-refractivity contribution in [2.75, 3.05) is 19.8 Å². The Hall–Kier alpha value is -1.53. The van der Waals surface area contributed by atoms with Crippen LogP contribution in [-0.2, 0) is 10.3 Å². The van der Waals surface area contributed by atoms with Crippen molar-refractivity contribution in [3.8, 4) is 5.75 Å². The van der Waals surface area contributed by atoms with Gasteiger partial charge in [-0.25, -0.2) is 0 Å². The van der Waals surface area contributed by atoms with Gasteiger partial charge in [-0.1, -0.05) is 18.2 Å². The molecule has 0 saturated carbocycles. The number of alkyl halides is 3. The average molecular weight is 301 g/mol. The van der Waals surface area contributed by atoms with E-state index >= 15 is 0 Å². The van der Waals surface area contributed by atoms with Crippen LogP contribution in [0.1, 0.15) is 18.4 Å². The molecule has 0 radical (unpaired) electrons. The summed E-state index contributed by atoms with van der Waals surface area (Å²) in [7, 11) is 0. The van der Waals surface area contributed by atoms with Gasteiger partial charge in [-0.15, -0.1) is 19.8 Å². The average Bonchev–Trinajstić information content (AvgIpc) is 2.45. The van der Waals surface area contributed by atoms with Gasteiger partial charge in [0.15, 0.2) is 0 Å². The van der Waals surface area contributed by atoms with Crippen molar-refractivity contribution in [2.45, 2.75) is 24.7 Å². The summed E-state index contributed by atoms with van der Waals surface area (Å²) < 4.78 is 46.4. The van der Waals surface area contributed by atoms with Crippen LogP contribution in [0, 0.1) is 0 Å². The van der Waals surface area contributed by atoms with E-state index < -0.39 is 11.9 Å². The molecular formula is C15H18F3NO2. The molecule has 1 aliphatic rings. The Balaban J connectivity index is 2.27. The lowest BCUT2D eigenvalue weighted by Gasteiger charge is -2.38. The Labute approximate surface area is 121 Å². The second-order valence-corrected chi connectivity index (χ2v) is 4.94. The number of nitrogens with one attached hydrogen (secondary N) is 1. The van der Waals surface area contributed by atoms with Crippen molar-refractivity contribution in [3.05, 3.63) is 42.5 Å². The SMILES string of the molecule is C=CCNC1(c2cccc(OC(F)(F)F)c2)CCOCC1. The molecule has 1 fully saturated rings. The second-order valence-electron chi connectivity index (χ2n) is 4.94. The van der Waals surface area contributed by atoms with Crippen molar-refractivity contribution in [1.29, 1.82) is 0 Å². The smallest absolute Gasteiger partial charge is 0.406 e. The van der Waals surface area contributed by atoms with Gasteiger partial charge in [0.2, 0.25) is 0 Å². The zero-order valence-electron chi connectivity index (χ0n) is 11.6.